The summed E-state index contributed by atoms with van der Waals surface area (Å²) in [6.45, 7) is 2.05. The van der Waals surface area contributed by atoms with Crippen LogP contribution in [-0.2, 0) is 16.0 Å². The van der Waals surface area contributed by atoms with Crippen LogP contribution in [0, 0.1) is 6.92 Å². The van der Waals surface area contributed by atoms with Crippen molar-refractivity contribution in [2.24, 2.45) is 0 Å². The molecule has 1 aliphatic heterocycles. The van der Waals surface area contributed by atoms with E-state index in [0.717, 1.165) is 16.5 Å². The molecule has 0 radical (unpaired) electrons. The van der Waals surface area contributed by atoms with Gasteiger partial charge in [0.15, 0.2) is 0 Å². The Morgan fingerprint density at radius 1 is 1.06 bits per heavy atom. The number of carbonyl (C=O) groups excluding carboxylic acids is 2. The minimum atomic E-state index is -0.844. The van der Waals surface area contributed by atoms with Gasteiger partial charge in [0.25, 0.3) is 11.7 Å². The molecular weight excluding hydrogens is 456 g/mol. The maximum Gasteiger partial charge on any atom is 0.295 e. The lowest BCUT2D eigenvalue weighted by Crippen LogP contribution is -2.31. The van der Waals surface area contributed by atoms with E-state index >= 15 is 0 Å². The van der Waals surface area contributed by atoms with Gasteiger partial charge in [0, 0.05) is 29.2 Å². The number of aliphatic hydroxyl groups is 1. The number of hydrogen-bond acceptors (Lipinski definition) is 5. The van der Waals surface area contributed by atoms with Crippen molar-refractivity contribution in [3.05, 3.63) is 101 Å². The number of phenolic OH excluding ortho intramolecular Hbond substituents is 1. The monoisotopic (exact) mass is 482 g/mol. The Morgan fingerprint density at radius 2 is 1.86 bits per heavy atom. The molecule has 7 heteroatoms. The molecule has 1 saturated heterocycles. The average molecular weight is 483 g/mol. The number of amides is 1. The molecule has 2 heterocycles. The van der Waals surface area contributed by atoms with Gasteiger partial charge in [0.05, 0.1) is 18.7 Å². The van der Waals surface area contributed by atoms with E-state index < -0.39 is 17.7 Å². The van der Waals surface area contributed by atoms with Gasteiger partial charge in [-0.3, -0.25) is 9.59 Å². The van der Waals surface area contributed by atoms with Gasteiger partial charge >= 0.3 is 0 Å². The summed E-state index contributed by atoms with van der Waals surface area (Å²) in [5.74, 6) is -1.06. The molecule has 1 atom stereocenters. The van der Waals surface area contributed by atoms with Crippen LogP contribution in [0.25, 0.3) is 16.7 Å². The van der Waals surface area contributed by atoms with Crippen LogP contribution < -0.4 is 4.74 Å². The highest BCUT2D eigenvalue weighted by atomic mass is 16.5. The molecule has 3 aromatic carbocycles. The van der Waals surface area contributed by atoms with E-state index in [4.69, 9.17) is 4.74 Å². The fourth-order valence-electron chi connectivity index (χ4n) is 4.91. The van der Waals surface area contributed by atoms with E-state index in [9.17, 15) is 19.8 Å². The molecule has 1 aromatic heterocycles. The van der Waals surface area contributed by atoms with Crippen LogP contribution in [0.3, 0.4) is 0 Å². The number of aromatic hydroxyl groups is 1. The second-order valence-electron chi connectivity index (χ2n) is 8.88. The third-order valence-corrected chi connectivity index (χ3v) is 6.71. The zero-order chi connectivity index (χ0) is 25.4. The molecule has 1 unspecified atom stereocenters. The zero-order valence-electron chi connectivity index (χ0n) is 20.0. The van der Waals surface area contributed by atoms with Crippen molar-refractivity contribution in [3.8, 4) is 11.5 Å². The summed E-state index contributed by atoms with van der Waals surface area (Å²) in [4.78, 5) is 31.3. The quantitative estimate of drug-likeness (QED) is 0.207. The SMILES string of the molecule is COc1ccc(/C(O)=C2\C(=O)C(=O)N(CCc3c[nH]c4ccccc34)C2c2cccc(O)c2)c(C)c1. The van der Waals surface area contributed by atoms with Gasteiger partial charge in [0.1, 0.15) is 17.3 Å². The Bertz CT molecular complexity index is 1520. The fourth-order valence-corrected chi connectivity index (χ4v) is 4.91. The number of aliphatic hydroxyl groups excluding tert-OH is 1. The minimum Gasteiger partial charge on any atom is -0.508 e. The molecule has 1 aliphatic rings. The largest absolute Gasteiger partial charge is 0.508 e. The molecule has 36 heavy (non-hydrogen) atoms. The maximum atomic E-state index is 13.3. The van der Waals surface area contributed by atoms with E-state index in [1.165, 1.54) is 17.0 Å². The summed E-state index contributed by atoms with van der Waals surface area (Å²) in [7, 11) is 1.55. The Labute approximate surface area is 208 Å². The first-order chi connectivity index (χ1) is 17.4. The molecule has 7 nitrogen and oxygen atoms in total. The van der Waals surface area contributed by atoms with Crippen LogP contribution in [0.1, 0.15) is 28.3 Å². The van der Waals surface area contributed by atoms with Crippen LogP contribution in [0.2, 0.25) is 0 Å². The van der Waals surface area contributed by atoms with Gasteiger partial charge in [-0.05, 0) is 66.4 Å². The summed E-state index contributed by atoms with van der Waals surface area (Å²) < 4.78 is 5.25. The lowest BCUT2D eigenvalue weighted by molar-refractivity contribution is -0.139. The molecule has 182 valence electrons. The van der Waals surface area contributed by atoms with E-state index in [1.54, 1.807) is 44.4 Å². The molecule has 1 fully saturated rings. The number of aromatic nitrogens is 1. The second-order valence-corrected chi connectivity index (χ2v) is 8.88. The molecule has 0 saturated carbocycles. The van der Waals surface area contributed by atoms with Crippen LogP contribution in [0.4, 0.5) is 0 Å². The number of hydrogen-bond donors (Lipinski definition) is 3. The average Bonchev–Trinajstić information content (AvgIpc) is 3.40. The van der Waals surface area contributed by atoms with Crippen LogP contribution in [0.15, 0.2) is 78.5 Å². The zero-order valence-corrected chi connectivity index (χ0v) is 20.0. The number of Topliss-reactive ketones (excluding diaryl/α,β-unsaturated/α-hetero) is 1. The Morgan fingerprint density at radius 3 is 2.61 bits per heavy atom. The number of methoxy groups -OCH3 is 1. The van der Waals surface area contributed by atoms with E-state index in [2.05, 4.69) is 4.98 Å². The third kappa shape index (κ3) is 3.98. The lowest BCUT2D eigenvalue weighted by Gasteiger charge is -2.25. The molecule has 0 bridgehead atoms. The number of H-pyrrole nitrogens is 1. The number of phenols is 1. The first-order valence-corrected chi connectivity index (χ1v) is 11.7. The first-order valence-electron chi connectivity index (χ1n) is 11.7. The van der Waals surface area contributed by atoms with Crippen molar-refractivity contribution in [3.63, 3.8) is 0 Å². The Hall–Kier alpha value is -4.52. The number of rotatable bonds is 6. The maximum absolute atomic E-state index is 13.3. The topological polar surface area (TPSA) is 103 Å². The number of likely N-dealkylation sites (tertiary alicyclic amines) is 1. The molecule has 3 N–H and O–H groups in total. The molecule has 1 amide bonds. The smallest absolute Gasteiger partial charge is 0.295 e. The van der Waals surface area contributed by atoms with Gasteiger partial charge in [-0.15, -0.1) is 0 Å². The first kappa shape index (κ1) is 23.2. The number of nitrogens with zero attached hydrogens (tertiary/aromatic N) is 1. The van der Waals surface area contributed by atoms with Crippen molar-refractivity contribution in [1.82, 2.24) is 9.88 Å². The molecule has 5 rings (SSSR count). The molecule has 0 aliphatic carbocycles. The summed E-state index contributed by atoms with van der Waals surface area (Å²) in [6.07, 6.45) is 2.42. The van der Waals surface area contributed by atoms with Crippen molar-refractivity contribution >= 4 is 28.4 Å². The molecule has 4 aromatic rings. The van der Waals surface area contributed by atoms with Crippen LogP contribution in [0.5, 0.6) is 11.5 Å². The number of fused-ring (bicyclic) bond motifs is 1. The standard InChI is InChI=1S/C29H26N2O5/c1-17-14-21(36-2)10-11-22(17)27(33)25-26(18-6-5-7-20(32)15-18)31(29(35)28(25)34)13-12-19-16-30-24-9-4-3-8-23(19)24/h3-11,14-16,26,30,32-33H,12-13H2,1-2H3/b27-25+. The second kappa shape index (κ2) is 9.26. The number of ketones is 1. The predicted octanol–water partition coefficient (Wildman–Crippen LogP) is 4.85. The normalized spacial score (nSPS) is 17.2. The molecular formula is C29H26N2O5. The summed E-state index contributed by atoms with van der Waals surface area (Å²) >= 11 is 0. The van der Waals surface area contributed by atoms with Crippen molar-refractivity contribution < 1.29 is 24.5 Å². The van der Waals surface area contributed by atoms with Gasteiger partial charge in [-0.25, -0.2) is 0 Å². The van der Waals surface area contributed by atoms with E-state index in [1.807, 2.05) is 30.5 Å². The minimum absolute atomic E-state index is 0.00204. The highest BCUT2D eigenvalue weighted by Gasteiger charge is 2.46. The van der Waals surface area contributed by atoms with Gasteiger partial charge in [-0.1, -0.05) is 30.3 Å². The van der Waals surface area contributed by atoms with Crippen molar-refractivity contribution in [2.75, 3.05) is 13.7 Å². The number of ether oxygens (including phenoxy) is 1. The van der Waals surface area contributed by atoms with E-state index in [0.29, 0.717) is 28.9 Å². The van der Waals surface area contributed by atoms with Crippen LogP contribution in [-0.4, -0.2) is 45.4 Å². The predicted molar refractivity (Wildman–Crippen MR) is 137 cm³/mol. The van der Waals surface area contributed by atoms with Gasteiger partial charge in [0.2, 0.25) is 0 Å². The summed E-state index contributed by atoms with van der Waals surface area (Å²) in [5.41, 5.74) is 3.70. The number of para-hydroxylation sites is 1. The number of nitrogens with one attached hydrogen (secondary N) is 1. The third-order valence-electron chi connectivity index (χ3n) is 6.71. The number of aryl methyl sites for hydroxylation is 1. The summed E-state index contributed by atoms with van der Waals surface area (Å²) in [6, 6.07) is 18.6. The number of aromatic amines is 1. The summed E-state index contributed by atoms with van der Waals surface area (Å²) in [5, 5.41) is 22.5. The Kier molecular flexibility index (Phi) is 5.98. The number of benzene rings is 3. The molecule has 0 spiro atoms. The van der Waals surface area contributed by atoms with Crippen molar-refractivity contribution in [1.29, 1.82) is 0 Å². The van der Waals surface area contributed by atoms with Crippen molar-refractivity contribution in [2.45, 2.75) is 19.4 Å². The van der Waals surface area contributed by atoms with Gasteiger partial charge in [-0.2, -0.15) is 0 Å². The van der Waals surface area contributed by atoms with E-state index in [-0.39, 0.29) is 23.6 Å². The highest BCUT2D eigenvalue weighted by Crippen LogP contribution is 2.41. The van der Waals surface area contributed by atoms with Gasteiger partial charge < -0.3 is 24.8 Å². The number of carbonyl (C=O) groups is 2. The fraction of sp³-hybridized carbons (Fsp3) is 0.172. The Balaban J connectivity index is 1.58. The highest BCUT2D eigenvalue weighted by molar-refractivity contribution is 6.46. The lowest BCUT2D eigenvalue weighted by atomic mass is 9.93. The van der Waals surface area contributed by atoms with Crippen LogP contribution >= 0.6 is 0 Å².